The van der Waals surface area contributed by atoms with Crippen molar-refractivity contribution >= 4 is 16.9 Å². The van der Waals surface area contributed by atoms with E-state index >= 15 is 0 Å². The number of hydrogen-bond acceptors (Lipinski definition) is 3. The summed E-state index contributed by atoms with van der Waals surface area (Å²) >= 11 is 0. The van der Waals surface area contributed by atoms with Crippen LogP contribution in [0.25, 0.3) is 11.1 Å². The summed E-state index contributed by atoms with van der Waals surface area (Å²) in [5, 5.41) is 0. The third-order valence-corrected chi connectivity index (χ3v) is 3.72. The highest BCUT2D eigenvalue weighted by Crippen LogP contribution is 2.26. The molecule has 2 aromatic rings. The first-order valence-electron chi connectivity index (χ1n) is 6.70. The number of ketones is 1. The number of aromatic nitrogens is 1. The summed E-state index contributed by atoms with van der Waals surface area (Å²) in [6.07, 6.45) is 6.07. The molecule has 0 amide bonds. The summed E-state index contributed by atoms with van der Waals surface area (Å²) < 4.78 is 5.60. The van der Waals surface area contributed by atoms with Crippen molar-refractivity contribution in [3.63, 3.8) is 0 Å². The molecule has 1 aliphatic carbocycles. The molecule has 0 atom stereocenters. The van der Waals surface area contributed by atoms with Gasteiger partial charge < -0.3 is 4.42 Å². The SMILES string of the molecule is O=C(Cc1nc2ccccc2o1)C1CCCCC1. The highest BCUT2D eigenvalue weighted by molar-refractivity contribution is 5.83. The first kappa shape index (κ1) is 11.5. The molecule has 1 heterocycles. The zero-order valence-corrected chi connectivity index (χ0v) is 10.4. The van der Waals surface area contributed by atoms with Crippen molar-refractivity contribution in [1.82, 2.24) is 4.98 Å². The number of fused-ring (bicyclic) bond motifs is 1. The lowest BCUT2D eigenvalue weighted by Crippen LogP contribution is -2.19. The van der Waals surface area contributed by atoms with Gasteiger partial charge in [0.05, 0.1) is 6.42 Å². The van der Waals surface area contributed by atoms with Crippen LogP contribution in [0.3, 0.4) is 0 Å². The van der Waals surface area contributed by atoms with Crippen molar-refractivity contribution in [2.45, 2.75) is 38.5 Å². The van der Waals surface area contributed by atoms with Gasteiger partial charge in [0, 0.05) is 5.92 Å². The molecule has 18 heavy (non-hydrogen) atoms. The molecule has 0 bridgehead atoms. The molecule has 0 unspecified atom stereocenters. The number of carbonyl (C=O) groups excluding carboxylic acids is 1. The van der Waals surface area contributed by atoms with Crippen LogP contribution in [0.4, 0.5) is 0 Å². The van der Waals surface area contributed by atoms with E-state index in [1.165, 1.54) is 19.3 Å². The zero-order valence-electron chi connectivity index (χ0n) is 10.4. The lowest BCUT2D eigenvalue weighted by atomic mass is 9.85. The molecule has 1 aliphatic rings. The number of benzene rings is 1. The summed E-state index contributed by atoms with van der Waals surface area (Å²) in [4.78, 5) is 16.5. The Hall–Kier alpha value is -1.64. The van der Waals surface area contributed by atoms with Crippen LogP contribution in [-0.2, 0) is 11.2 Å². The largest absolute Gasteiger partial charge is 0.440 e. The number of Topliss-reactive ketones (excluding diaryl/α,β-unsaturated/α-hetero) is 1. The second-order valence-corrected chi connectivity index (χ2v) is 5.05. The molecule has 3 nitrogen and oxygen atoms in total. The summed E-state index contributed by atoms with van der Waals surface area (Å²) in [7, 11) is 0. The smallest absolute Gasteiger partial charge is 0.202 e. The molecule has 94 valence electrons. The minimum absolute atomic E-state index is 0.230. The number of rotatable bonds is 3. The van der Waals surface area contributed by atoms with Crippen molar-refractivity contribution in [3.05, 3.63) is 30.2 Å². The number of hydrogen-bond donors (Lipinski definition) is 0. The van der Waals surface area contributed by atoms with Crippen molar-refractivity contribution in [2.75, 3.05) is 0 Å². The Morgan fingerprint density at radius 3 is 2.78 bits per heavy atom. The molecule has 3 heteroatoms. The molecular formula is C15H17NO2. The van der Waals surface area contributed by atoms with Crippen LogP contribution >= 0.6 is 0 Å². The van der Waals surface area contributed by atoms with E-state index in [0.717, 1.165) is 23.9 Å². The van der Waals surface area contributed by atoms with Crippen LogP contribution in [-0.4, -0.2) is 10.8 Å². The lowest BCUT2D eigenvalue weighted by molar-refractivity contribution is -0.123. The second-order valence-electron chi connectivity index (χ2n) is 5.05. The van der Waals surface area contributed by atoms with Gasteiger partial charge in [-0.15, -0.1) is 0 Å². The molecule has 0 spiro atoms. The van der Waals surface area contributed by atoms with Gasteiger partial charge in [0.2, 0.25) is 5.89 Å². The van der Waals surface area contributed by atoms with Crippen LogP contribution < -0.4 is 0 Å². The fourth-order valence-corrected chi connectivity index (χ4v) is 2.71. The number of nitrogens with zero attached hydrogens (tertiary/aromatic N) is 1. The Labute approximate surface area is 106 Å². The standard InChI is InChI=1S/C15H17NO2/c17-13(11-6-2-1-3-7-11)10-15-16-12-8-4-5-9-14(12)18-15/h4-5,8-9,11H,1-3,6-7,10H2. The monoisotopic (exact) mass is 243 g/mol. The summed E-state index contributed by atoms with van der Waals surface area (Å²) in [5.74, 6) is 1.08. The fraction of sp³-hybridized carbons (Fsp3) is 0.467. The summed E-state index contributed by atoms with van der Waals surface area (Å²) in [6, 6.07) is 7.64. The van der Waals surface area contributed by atoms with Crippen LogP contribution in [0.2, 0.25) is 0 Å². The highest BCUT2D eigenvalue weighted by Gasteiger charge is 2.22. The fourth-order valence-electron chi connectivity index (χ4n) is 2.71. The quantitative estimate of drug-likeness (QED) is 0.828. The Morgan fingerprint density at radius 1 is 1.22 bits per heavy atom. The van der Waals surface area contributed by atoms with E-state index in [1.54, 1.807) is 0 Å². The predicted molar refractivity (Wildman–Crippen MR) is 69.3 cm³/mol. The van der Waals surface area contributed by atoms with Crippen LogP contribution in [0.5, 0.6) is 0 Å². The number of carbonyl (C=O) groups is 1. The predicted octanol–water partition coefficient (Wildman–Crippen LogP) is 3.52. The van der Waals surface area contributed by atoms with Crippen molar-refractivity contribution in [2.24, 2.45) is 5.92 Å². The van der Waals surface area contributed by atoms with Crippen molar-refractivity contribution in [1.29, 1.82) is 0 Å². The van der Waals surface area contributed by atoms with Crippen LogP contribution in [0.1, 0.15) is 38.0 Å². The van der Waals surface area contributed by atoms with Gasteiger partial charge in [0.25, 0.3) is 0 Å². The van der Waals surface area contributed by atoms with Crippen molar-refractivity contribution < 1.29 is 9.21 Å². The normalized spacial score (nSPS) is 17.1. The Morgan fingerprint density at radius 2 is 2.00 bits per heavy atom. The molecule has 0 N–H and O–H groups in total. The van der Waals surface area contributed by atoms with E-state index < -0.39 is 0 Å². The maximum Gasteiger partial charge on any atom is 0.202 e. The van der Waals surface area contributed by atoms with Gasteiger partial charge in [-0.2, -0.15) is 0 Å². The third kappa shape index (κ3) is 2.30. The second kappa shape index (κ2) is 4.92. The maximum absolute atomic E-state index is 12.1. The average Bonchev–Trinajstić information content (AvgIpc) is 2.82. The van der Waals surface area contributed by atoms with Gasteiger partial charge in [-0.25, -0.2) is 4.98 Å². The van der Waals surface area contributed by atoms with Gasteiger partial charge >= 0.3 is 0 Å². The minimum atomic E-state index is 0.230. The minimum Gasteiger partial charge on any atom is -0.440 e. The Kier molecular flexibility index (Phi) is 3.13. The average molecular weight is 243 g/mol. The van der Waals surface area contributed by atoms with Gasteiger partial charge in [0.1, 0.15) is 11.3 Å². The van der Waals surface area contributed by atoms with Gasteiger partial charge in [0.15, 0.2) is 5.58 Å². The molecule has 1 aromatic carbocycles. The molecule has 3 rings (SSSR count). The molecule has 0 saturated heterocycles. The lowest BCUT2D eigenvalue weighted by Gasteiger charge is -2.19. The molecule has 0 aliphatic heterocycles. The van der Waals surface area contributed by atoms with Gasteiger partial charge in [-0.1, -0.05) is 31.4 Å². The topological polar surface area (TPSA) is 43.1 Å². The number of para-hydroxylation sites is 2. The van der Waals surface area contributed by atoms with Crippen LogP contribution in [0, 0.1) is 5.92 Å². The van der Waals surface area contributed by atoms with Gasteiger partial charge in [-0.3, -0.25) is 4.79 Å². The summed E-state index contributed by atoms with van der Waals surface area (Å²) in [6.45, 7) is 0. The van der Waals surface area contributed by atoms with Crippen molar-refractivity contribution in [3.8, 4) is 0 Å². The van der Waals surface area contributed by atoms with Crippen LogP contribution in [0.15, 0.2) is 28.7 Å². The van der Waals surface area contributed by atoms with E-state index in [1.807, 2.05) is 24.3 Å². The van der Waals surface area contributed by atoms with E-state index in [0.29, 0.717) is 18.1 Å². The van der Waals surface area contributed by atoms with E-state index in [4.69, 9.17) is 4.42 Å². The van der Waals surface area contributed by atoms with E-state index in [-0.39, 0.29) is 5.92 Å². The molecule has 0 radical (unpaired) electrons. The van der Waals surface area contributed by atoms with E-state index in [9.17, 15) is 4.79 Å². The van der Waals surface area contributed by atoms with Gasteiger partial charge in [-0.05, 0) is 25.0 Å². The molecule has 1 aromatic heterocycles. The van der Waals surface area contributed by atoms with E-state index in [2.05, 4.69) is 4.98 Å². The first-order chi connectivity index (χ1) is 8.83. The highest BCUT2D eigenvalue weighted by atomic mass is 16.3. The Balaban J connectivity index is 1.73. The number of oxazole rings is 1. The first-order valence-corrected chi connectivity index (χ1v) is 6.70. The maximum atomic E-state index is 12.1. The summed E-state index contributed by atoms with van der Waals surface area (Å²) in [5.41, 5.74) is 1.60. The molecule has 1 saturated carbocycles. The third-order valence-electron chi connectivity index (χ3n) is 3.72. The Bertz CT molecular complexity index is 519. The molecular weight excluding hydrogens is 226 g/mol. The molecule has 1 fully saturated rings. The zero-order chi connectivity index (χ0) is 12.4.